The van der Waals surface area contributed by atoms with Crippen LogP contribution in [0.15, 0.2) is 66.7 Å². The number of terminal acetylenes is 1. The molecule has 0 radical (unpaired) electrons. The summed E-state index contributed by atoms with van der Waals surface area (Å²) in [7, 11) is -3.35. The van der Waals surface area contributed by atoms with Gasteiger partial charge in [-0.25, -0.2) is 0 Å². The first-order valence-electron chi connectivity index (χ1n) is 11.4. The van der Waals surface area contributed by atoms with Crippen molar-refractivity contribution in [2.75, 3.05) is 0 Å². The van der Waals surface area contributed by atoms with Crippen molar-refractivity contribution in [3.05, 3.63) is 72.3 Å². The number of fused-ring (bicyclic) bond motifs is 4. The highest BCUT2D eigenvalue weighted by Crippen LogP contribution is 2.32. The molecule has 0 bridgehead atoms. The van der Waals surface area contributed by atoms with Crippen molar-refractivity contribution < 1.29 is 0 Å². The number of rotatable bonds is 2. The molecule has 0 aliphatic heterocycles. The molecule has 0 aliphatic carbocycles. The van der Waals surface area contributed by atoms with Gasteiger partial charge in [-0.2, -0.15) is 0 Å². The largest absolute Gasteiger partial charge is 0.115 e. The van der Waals surface area contributed by atoms with Crippen molar-refractivity contribution in [3.8, 4) is 12.3 Å². The lowest BCUT2D eigenvalue weighted by Gasteiger charge is -2.29. The number of hydrogen-bond donors (Lipinski definition) is 0. The summed E-state index contributed by atoms with van der Waals surface area (Å²) in [6, 6.07) is 24.9. The van der Waals surface area contributed by atoms with Crippen LogP contribution >= 0.6 is 0 Å². The van der Waals surface area contributed by atoms with E-state index in [9.17, 15) is 0 Å². The first-order valence-corrected chi connectivity index (χ1v) is 18.4. The summed E-state index contributed by atoms with van der Waals surface area (Å²) in [6.07, 6.45) is 5.90. The first-order chi connectivity index (χ1) is 15.1. The van der Waals surface area contributed by atoms with Crippen molar-refractivity contribution in [1.82, 2.24) is 0 Å². The van der Waals surface area contributed by atoms with Crippen LogP contribution in [0.4, 0.5) is 0 Å². The normalized spacial score (nSPS) is 12.7. The molecule has 0 nitrogen and oxygen atoms in total. The van der Waals surface area contributed by atoms with E-state index in [0.29, 0.717) is 0 Å². The van der Waals surface area contributed by atoms with Gasteiger partial charge in [-0.1, -0.05) is 81.6 Å². The van der Waals surface area contributed by atoms with Crippen molar-refractivity contribution >= 4 is 69.6 Å². The molecule has 0 unspecified atom stereocenters. The van der Waals surface area contributed by atoms with Gasteiger partial charge in [0.05, 0.1) is 16.1 Å². The molecule has 0 saturated carbocycles. The lowest BCUT2D eigenvalue weighted by Crippen LogP contribution is -2.44. The quantitative estimate of drug-likeness (QED) is 0.151. The Hall–Kier alpha value is -2.87. The minimum absolute atomic E-state index is 0.985. The molecule has 0 atom stereocenters. The van der Waals surface area contributed by atoms with Crippen LogP contribution in [-0.2, 0) is 0 Å². The lowest BCUT2D eigenvalue weighted by atomic mass is 9.95. The van der Waals surface area contributed by atoms with E-state index in [1.807, 2.05) is 0 Å². The molecule has 0 fully saturated rings. The molecule has 0 N–H and O–H groups in total. The average Bonchev–Trinajstić information content (AvgIpc) is 2.72. The molecular formula is C30H30Si2. The van der Waals surface area contributed by atoms with Crippen LogP contribution in [0.2, 0.25) is 39.3 Å². The van der Waals surface area contributed by atoms with Crippen molar-refractivity contribution in [2.45, 2.75) is 39.3 Å². The summed E-state index contributed by atoms with van der Waals surface area (Å²) >= 11 is 0. The van der Waals surface area contributed by atoms with E-state index in [4.69, 9.17) is 6.42 Å². The highest BCUT2D eigenvalue weighted by molar-refractivity contribution is 6.95. The predicted octanol–water partition coefficient (Wildman–Crippen LogP) is 7.37. The maximum Gasteiger partial charge on any atom is 0.0792 e. The zero-order valence-corrected chi connectivity index (χ0v) is 21.9. The van der Waals surface area contributed by atoms with Crippen molar-refractivity contribution in [2.24, 2.45) is 0 Å². The molecule has 158 valence electrons. The third-order valence-electron chi connectivity index (χ3n) is 6.64. The lowest BCUT2D eigenvalue weighted by molar-refractivity contribution is 1.71. The molecule has 0 aliphatic rings. The van der Waals surface area contributed by atoms with Gasteiger partial charge in [-0.05, 0) is 83.8 Å². The van der Waals surface area contributed by atoms with Gasteiger partial charge in [0.1, 0.15) is 0 Å². The first kappa shape index (κ1) is 21.0. The van der Waals surface area contributed by atoms with E-state index < -0.39 is 16.1 Å². The zero-order valence-electron chi connectivity index (χ0n) is 19.9. The van der Waals surface area contributed by atoms with Crippen LogP contribution in [0.1, 0.15) is 5.56 Å². The molecule has 0 spiro atoms. The fourth-order valence-electron chi connectivity index (χ4n) is 5.43. The van der Waals surface area contributed by atoms with E-state index >= 15 is 0 Å². The molecule has 5 aromatic carbocycles. The van der Waals surface area contributed by atoms with Gasteiger partial charge in [0, 0.05) is 5.56 Å². The van der Waals surface area contributed by atoms with Crippen LogP contribution in [0.5, 0.6) is 0 Å². The highest BCUT2D eigenvalue weighted by Gasteiger charge is 2.29. The predicted molar refractivity (Wildman–Crippen MR) is 150 cm³/mol. The van der Waals surface area contributed by atoms with Crippen LogP contribution in [0, 0.1) is 12.3 Å². The smallest absolute Gasteiger partial charge is 0.0792 e. The standard InChI is InChI=1S/C30H30Si2/c1-8-20-14-11-15-23-18-27-28(19-24(20)23)30(32(5,6)7)26-17-22-13-10-9-12-21(22)16-25(26)29(27)31(2,3)4/h1,9-19H,2-7H3. The Morgan fingerprint density at radius 1 is 0.531 bits per heavy atom. The summed E-state index contributed by atoms with van der Waals surface area (Å²) < 4.78 is 0. The summed E-state index contributed by atoms with van der Waals surface area (Å²) in [5, 5.41) is 14.0. The van der Waals surface area contributed by atoms with Gasteiger partial charge in [-0.3, -0.25) is 0 Å². The fourth-order valence-corrected chi connectivity index (χ4v) is 9.48. The maximum absolute atomic E-state index is 5.90. The second-order valence-corrected chi connectivity index (χ2v) is 21.1. The second kappa shape index (κ2) is 7.07. The highest BCUT2D eigenvalue weighted by atomic mass is 28.3. The Morgan fingerprint density at radius 2 is 0.969 bits per heavy atom. The molecule has 32 heavy (non-hydrogen) atoms. The second-order valence-electron chi connectivity index (χ2n) is 11.1. The van der Waals surface area contributed by atoms with E-state index in [1.165, 1.54) is 43.1 Å². The van der Waals surface area contributed by atoms with E-state index in [2.05, 4.69) is 112 Å². The Balaban J connectivity index is 2.15. The van der Waals surface area contributed by atoms with E-state index in [1.54, 1.807) is 10.4 Å². The number of hydrogen-bond acceptors (Lipinski definition) is 0. The van der Waals surface area contributed by atoms with Crippen LogP contribution < -0.4 is 10.4 Å². The van der Waals surface area contributed by atoms with Crippen LogP contribution in [0.25, 0.3) is 43.1 Å². The summed E-state index contributed by atoms with van der Waals surface area (Å²) in [5.74, 6) is 2.92. The van der Waals surface area contributed by atoms with Gasteiger partial charge < -0.3 is 0 Å². The molecular weight excluding hydrogens is 417 g/mol. The minimum atomic E-state index is -1.68. The molecule has 0 saturated heterocycles. The topological polar surface area (TPSA) is 0 Å². The third kappa shape index (κ3) is 3.20. The average molecular weight is 447 g/mol. The number of benzene rings is 5. The fraction of sp³-hybridized carbons (Fsp3) is 0.200. The SMILES string of the molecule is C#Cc1cccc2cc3c([Si](C)(C)C)c4cc5ccccc5cc4c([Si](C)(C)C)c3cc12. The van der Waals surface area contributed by atoms with Crippen LogP contribution in [0.3, 0.4) is 0 Å². The van der Waals surface area contributed by atoms with Crippen molar-refractivity contribution in [3.63, 3.8) is 0 Å². The molecule has 0 heterocycles. The Bertz CT molecular complexity index is 1590. The van der Waals surface area contributed by atoms with Crippen molar-refractivity contribution in [1.29, 1.82) is 0 Å². The minimum Gasteiger partial charge on any atom is -0.115 e. The van der Waals surface area contributed by atoms with Gasteiger partial charge in [0.15, 0.2) is 0 Å². The van der Waals surface area contributed by atoms with Crippen LogP contribution in [-0.4, -0.2) is 16.1 Å². The zero-order chi connectivity index (χ0) is 22.8. The molecule has 2 heteroatoms. The van der Waals surface area contributed by atoms with Gasteiger partial charge in [0.25, 0.3) is 0 Å². The third-order valence-corrected chi connectivity index (χ3v) is 10.7. The molecule has 5 aromatic rings. The Labute approximate surface area is 193 Å². The maximum atomic E-state index is 5.90. The summed E-state index contributed by atoms with van der Waals surface area (Å²) in [6.45, 7) is 14.9. The van der Waals surface area contributed by atoms with Gasteiger partial charge >= 0.3 is 0 Å². The molecule has 0 aromatic heterocycles. The van der Waals surface area contributed by atoms with Gasteiger partial charge in [0.2, 0.25) is 0 Å². The monoisotopic (exact) mass is 446 g/mol. The molecule has 5 rings (SSSR count). The summed E-state index contributed by atoms with van der Waals surface area (Å²) in [4.78, 5) is 0. The Kier molecular flexibility index (Phi) is 4.64. The summed E-state index contributed by atoms with van der Waals surface area (Å²) in [5.41, 5.74) is 0.985. The Morgan fingerprint density at radius 3 is 1.44 bits per heavy atom. The molecule has 0 amide bonds. The van der Waals surface area contributed by atoms with Gasteiger partial charge in [-0.15, -0.1) is 6.42 Å². The van der Waals surface area contributed by atoms with E-state index in [0.717, 1.165) is 5.56 Å². The van der Waals surface area contributed by atoms with E-state index in [-0.39, 0.29) is 0 Å².